The van der Waals surface area contributed by atoms with Crippen LogP contribution >= 0.6 is 0 Å². The minimum absolute atomic E-state index is 0.0204. The van der Waals surface area contributed by atoms with E-state index in [9.17, 15) is 17.6 Å². The van der Waals surface area contributed by atoms with Crippen LogP contribution in [-0.2, 0) is 16.4 Å². The summed E-state index contributed by atoms with van der Waals surface area (Å²) in [7, 11) is -3.08. The zero-order valence-electron chi connectivity index (χ0n) is 19.7. The monoisotopic (exact) mass is 511 g/mol. The third kappa shape index (κ3) is 5.96. The lowest BCUT2D eigenvalue weighted by atomic mass is 10.0. The number of hydrogen-bond donors (Lipinski definition) is 4. The summed E-state index contributed by atoms with van der Waals surface area (Å²) in [5, 5.41) is 12.6. The molecule has 2 amide bonds. The van der Waals surface area contributed by atoms with Crippen molar-refractivity contribution in [2.45, 2.75) is 13.5 Å². The van der Waals surface area contributed by atoms with Gasteiger partial charge in [-0.15, -0.1) is 0 Å². The number of hydrogen-bond acceptors (Lipinski definition) is 7. The van der Waals surface area contributed by atoms with Gasteiger partial charge in [0.25, 0.3) is 0 Å². The third-order valence-corrected chi connectivity index (χ3v) is 6.39. The number of nitrogens with two attached hydrogens (primary N) is 1. The molecular formula is C24H26FN7O3S. The molecule has 10 nitrogen and oxygen atoms in total. The predicted octanol–water partition coefficient (Wildman–Crippen LogP) is 3.20. The van der Waals surface area contributed by atoms with E-state index in [0.29, 0.717) is 30.1 Å². The topological polar surface area (TPSA) is 144 Å². The Labute approximate surface area is 207 Å². The summed E-state index contributed by atoms with van der Waals surface area (Å²) in [6.07, 6.45) is 4.36. The molecule has 0 atom stereocenters. The molecule has 0 saturated heterocycles. The minimum atomic E-state index is -3.08. The third-order valence-electron chi connectivity index (χ3n) is 5.45. The number of sulfone groups is 1. The second kappa shape index (κ2) is 10.3. The molecule has 0 bridgehead atoms. The lowest BCUT2D eigenvalue weighted by molar-refractivity contribution is 0.262. The maximum atomic E-state index is 13.9. The molecule has 2 aromatic carbocycles. The van der Waals surface area contributed by atoms with Crippen LogP contribution in [0.4, 0.5) is 26.4 Å². The maximum absolute atomic E-state index is 13.9. The maximum Gasteiger partial charge on any atom is 0.323 e. The second-order valence-corrected chi connectivity index (χ2v) is 10.7. The number of halogens is 1. The molecule has 2 heterocycles. The molecule has 12 heteroatoms. The molecular weight excluding hydrogens is 485 g/mol. The van der Waals surface area contributed by atoms with Crippen molar-refractivity contribution in [2.24, 2.45) is 0 Å². The summed E-state index contributed by atoms with van der Waals surface area (Å²) < 4.78 is 38.4. The van der Waals surface area contributed by atoms with Crippen molar-refractivity contribution in [3.05, 3.63) is 71.9 Å². The number of fused-ring (bicyclic) bond motifs is 1. The SMILES string of the molecule is Cc1ccc(F)c(NC(=O)Nc2ccc(-c3c(CNCCS(C)(=O)=O)cn4ncnc(N)c34)cc2)c1. The van der Waals surface area contributed by atoms with Crippen LogP contribution in [0.3, 0.4) is 0 Å². The summed E-state index contributed by atoms with van der Waals surface area (Å²) in [5.41, 5.74) is 10.6. The first-order chi connectivity index (χ1) is 17.1. The zero-order chi connectivity index (χ0) is 25.9. The largest absolute Gasteiger partial charge is 0.382 e. The van der Waals surface area contributed by atoms with Crippen LogP contribution < -0.4 is 21.7 Å². The van der Waals surface area contributed by atoms with Gasteiger partial charge in [-0.05, 0) is 47.9 Å². The van der Waals surface area contributed by atoms with Crippen LogP contribution in [-0.4, -0.2) is 47.6 Å². The number of amides is 2. The van der Waals surface area contributed by atoms with E-state index >= 15 is 0 Å². The number of carbonyl (C=O) groups excluding carboxylic acids is 1. The van der Waals surface area contributed by atoms with Crippen molar-refractivity contribution in [3.63, 3.8) is 0 Å². The van der Waals surface area contributed by atoms with Gasteiger partial charge in [0.15, 0.2) is 5.82 Å². The van der Waals surface area contributed by atoms with E-state index in [2.05, 4.69) is 26.0 Å². The van der Waals surface area contributed by atoms with E-state index < -0.39 is 21.7 Å². The number of benzene rings is 2. The molecule has 0 aliphatic rings. The molecule has 4 rings (SSSR count). The van der Waals surface area contributed by atoms with Gasteiger partial charge < -0.3 is 21.7 Å². The zero-order valence-corrected chi connectivity index (χ0v) is 20.6. The van der Waals surface area contributed by atoms with Crippen LogP contribution in [0, 0.1) is 12.7 Å². The molecule has 0 fully saturated rings. The van der Waals surface area contributed by atoms with Gasteiger partial charge in [-0.25, -0.2) is 27.1 Å². The van der Waals surface area contributed by atoms with Gasteiger partial charge in [-0.1, -0.05) is 18.2 Å². The molecule has 36 heavy (non-hydrogen) atoms. The first kappa shape index (κ1) is 25.1. The number of urea groups is 1. The summed E-state index contributed by atoms with van der Waals surface area (Å²) in [6.45, 7) is 2.49. The Bertz CT molecular complexity index is 1520. The number of aromatic nitrogens is 3. The van der Waals surface area contributed by atoms with Crippen molar-refractivity contribution in [1.29, 1.82) is 0 Å². The van der Waals surface area contributed by atoms with Crippen LogP contribution in [0.1, 0.15) is 11.1 Å². The van der Waals surface area contributed by atoms with Gasteiger partial charge in [0.1, 0.15) is 27.5 Å². The molecule has 0 saturated carbocycles. The van der Waals surface area contributed by atoms with Gasteiger partial charge in [0.05, 0.1) is 11.4 Å². The van der Waals surface area contributed by atoms with Crippen molar-refractivity contribution in [3.8, 4) is 11.1 Å². The lowest BCUT2D eigenvalue weighted by Gasteiger charge is -2.11. The highest BCUT2D eigenvalue weighted by Crippen LogP contribution is 2.33. The van der Waals surface area contributed by atoms with Crippen LogP contribution in [0.25, 0.3) is 16.6 Å². The van der Waals surface area contributed by atoms with Gasteiger partial charge in [0.2, 0.25) is 0 Å². The Balaban J connectivity index is 1.55. The molecule has 0 unspecified atom stereocenters. The number of anilines is 3. The number of aryl methyl sites for hydroxylation is 1. The van der Waals surface area contributed by atoms with Crippen molar-refractivity contribution in [2.75, 3.05) is 34.9 Å². The fourth-order valence-electron chi connectivity index (χ4n) is 3.76. The van der Waals surface area contributed by atoms with E-state index in [1.54, 1.807) is 35.7 Å². The minimum Gasteiger partial charge on any atom is -0.382 e. The molecule has 188 valence electrons. The summed E-state index contributed by atoms with van der Waals surface area (Å²) >= 11 is 0. The van der Waals surface area contributed by atoms with Crippen molar-refractivity contribution in [1.82, 2.24) is 19.9 Å². The summed E-state index contributed by atoms with van der Waals surface area (Å²) in [4.78, 5) is 16.5. The van der Waals surface area contributed by atoms with Crippen LogP contribution in [0.2, 0.25) is 0 Å². The highest BCUT2D eigenvalue weighted by molar-refractivity contribution is 7.90. The molecule has 0 aliphatic carbocycles. The van der Waals surface area contributed by atoms with Gasteiger partial charge in [-0.2, -0.15) is 5.10 Å². The Kier molecular flexibility index (Phi) is 7.17. The normalized spacial score (nSPS) is 11.5. The van der Waals surface area contributed by atoms with E-state index in [4.69, 9.17) is 5.73 Å². The van der Waals surface area contributed by atoms with E-state index in [-0.39, 0.29) is 11.4 Å². The second-order valence-electron chi connectivity index (χ2n) is 8.41. The average Bonchev–Trinajstić information content (AvgIpc) is 3.19. The first-order valence-electron chi connectivity index (χ1n) is 11.0. The number of nitrogens with zero attached hydrogens (tertiary/aromatic N) is 3. The van der Waals surface area contributed by atoms with Crippen molar-refractivity contribution < 1.29 is 17.6 Å². The molecule has 0 aliphatic heterocycles. The number of rotatable bonds is 8. The van der Waals surface area contributed by atoms with E-state index in [1.165, 1.54) is 18.6 Å². The fraction of sp³-hybridized carbons (Fsp3) is 0.208. The number of carbonyl (C=O) groups is 1. The van der Waals surface area contributed by atoms with Crippen molar-refractivity contribution >= 4 is 38.6 Å². The molecule has 5 N–H and O–H groups in total. The standard InChI is InChI=1S/C24H26FN7O3S/c1-15-3-8-19(25)20(11-15)31-24(33)30-18-6-4-16(5-7-18)21-17(12-27-9-10-36(2,34)35)13-32-22(21)23(26)28-14-29-32/h3-8,11,13-14,27H,9-10,12H2,1-2H3,(H2,26,28,29)(H2,30,31,33). The van der Waals surface area contributed by atoms with Crippen LogP contribution in [0.5, 0.6) is 0 Å². The Morgan fingerprint density at radius 3 is 2.61 bits per heavy atom. The van der Waals surface area contributed by atoms with Gasteiger partial charge in [-0.3, -0.25) is 0 Å². The summed E-state index contributed by atoms with van der Waals surface area (Å²) in [5.74, 6) is -0.208. The predicted molar refractivity (Wildman–Crippen MR) is 138 cm³/mol. The Morgan fingerprint density at radius 2 is 1.89 bits per heavy atom. The quantitative estimate of drug-likeness (QED) is 0.266. The van der Waals surface area contributed by atoms with Gasteiger partial charge in [0, 0.05) is 36.8 Å². The average molecular weight is 512 g/mol. The fourth-order valence-corrected chi connectivity index (χ4v) is 4.28. The molecule has 0 radical (unpaired) electrons. The lowest BCUT2D eigenvalue weighted by Crippen LogP contribution is -2.22. The molecule has 4 aromatic rings. The number of nitrogen functional groups attached to an aromatic ring is 1. The highest BCUT2D eigenvalue weighted by Gasteiger charge is 2.17. The highest BCUT2D eigenvalue weighted by atomic mass is 32.2. The first-order valence-corrected chi connectivity index (χ1v) is 13.1. The Morgan fingerprint density at radius 1 is 1.14 bits per heavy atom. The van der Waals surface area contributed by atoms with E-state index in [0.717, 1.165) is 22.3 Å². The van der Waals surface area contributed by atoms with Gasteiger partial charge >= 0.3 is 6.03 Å². The smallest absolute Gasteiger partial charge is 0.323 e. The molecule has 2 aromatic heterocycles. The molecule has 0 spiro atoms. The van der Waals surface area contributed by atoms with Crippen LogP contribution in [0.15, 0.2) is 55.0 Å². The van der Waals surface area contributed by atoms with E-state index in [1.807, 2.05) is 18.3 Å². The summed E-state index contributed by atoms with van der Waals surface area (Å²) in [6, 6.07) is 10.9. The Hall–Kier alpha value is -4.03. The number of nitrogens with one attached hydrogen (secondary N) is 3.